The van der Waals surface area contributed by atoms with Crippen LogP contribution in [0.3, 0.4) is 0 Å². The van der Waals surface area contributed by atoms with Gasteiger partial charge in [0.1, 0.15) is 0 Å². The van der Waals surface area contributed by atoms with Crippen LogP contribution in [0.5, 0.6) is 0 Å². The van der Waals surface area contributed by atoms with Crippen LogP contribution in [0.25, 0.3) is 0 Å². The summed E-state index contributed by atoms with van der Waals surface area (Å²) in [6.07, 6.45) is 4.33. The topological polar surface area (TPSA) is 66.6 Å². The smallest absolute Gasteiger partial charge is 0.218 e. The Labute approximate surface area is 85.1 Å². The molecule has 4 nitrogen and oxygen atoms in total. The lowest BCUT2D eigenvalue weighted by Gasteiger charge is -2.34. The standard InChI is InChI=1S/C10H20N2O2/c1-12(7-6-10(11)14)8-4-2-3-5-9(8)13/h8-9,13H,2-7H2,1H3,(H2,11,14). The quantitative estimate of drug-likeness (QED) is 0.676. The van der Waals surface area contributed by atoms with Crippen LogP contribution in [0, 0.1) is 0 Å². The Bertz CT molecular complexity index is 197. The highest BCUT2D eigenvalue weighted by atomic mass is 16.3. The highest BCUT2D eigenvalue weighted by Crippen LogP contribution is 2.22. The second kappa shape index (κ2) is 5.32. The van der Waals surface area contributed by atoms with Gasteiger partial charge < -0.3 is 15.7 Å². The number of nitrogens with zero attached hydrogens (tertiary/aromatic N) is 1. The number of aliphatic hydroxyl groups excluding tert-OH is 1. The first kappa shape index (κ1) is 11.5. The molecule has 1 saturated carbocycles. The van der Waals surface area contributed by atoms with Crippen LogP contribution >= 0.6 is 0 Å². The van der Waals surface area contributed by atoms with Crippen LogP contribution in [-0.4, -0.2) is 41.7 Å². The zero-order valence-electron chi connectivity index (χ0n) is 8.78. The number of nitrogens with two attached hydrogens (primary N) is 1. The molecule has 0 spiro atoms. The van der Waals surface area contributed by atoms with E-state index in [0.717, 1.165) is 19.3 Å². The Morgan fingerprint density at radius 2 is 2.14 bits per heavy atom. The predicted molar refractivity (Wildman–Crippen MR) is 54.7 cm³/mol. The number of aliphatic hydroxyl groups is 1. The van der Waals surface area contributed by atoms with Crippen LogP contribution < -0.4 is 5.73 Å². The number of primary amides is 1. The maximum atomic E-state index is 10.6. The van der Waals surface area contributed by atoms with Gasteiger partial charge >= 0.3 is 0 Å². The van der Waals surface area contributed by atoms with Gasteiger partial charge in [0.2, 0.25) is 5.91 Å². The normalized spacial score (nSPS) is 27.9. The van der Waals surface area contributed by atoms with Crippen molar-refractivity contribution in [1.29, 1.82) is 0 Å². The summed E-state index contributed by atoms with van der Waals surface area (Å²) in [5, 5.41) is 9.75. The monoisotopic (exact) mass is 200 g/mol. The maximum Gasteiger partial charge on any atom is 0.218 e. The molecule has 0 aromatic carbocycles. The number of amides is 1. The van der Waals surface area contributed by atoms with Gasteiger partial charge in [0.15, 0.2) is 0 Å². The molecule has 1 aliphatic rings. The molecule has 2 unspecified atom stereocenters. The molecule has 1 rings (SSSR count). The molecule has 82 valence electrons. The van der Waals surface area contributed by atoms with Gasteiger partial charge in [-0.2, -0.15) is 0 Å². The summed E-state index contributed by atoms with van der Waals surface area (Å²) in [4.78, 5) is 12.7. The summed E-state index contributed by atoms with van der Waals surface area (Å²) >= 11 is 0. The number of carbonyl (C=O) groups is 1. The lowest BCUT2D eigenvalue weighted by atomic mass is 9.91. The van der Waals surface area contributed by atoms with E-state index in [9.17, 15) is 9.90 Å². The fraction of sp³-hybridized carbons (Fsp3) is 0.900. The van der Waals surface area contributed by atoms with E-state index in [1.54, 1.807) is 0 Å². The summed E-state index contributed by atoms with van der Waals surface area (Å²) < 4.78 is 0. The van der Waals surface area contributed by atoms with Crippen LogP contribution in [0.2, 0.25) is 0 Å². The second-order valence-corrected chi connectivity index (χ2v) is 4.12. The average Bonchev–Trinajstić information content (AvgIpc) is 2.15. The molecular weight excluding hydrogens is 180 g/mol. The Balaban J connectivity index is 2.34. The molecule has 1 amide bonds. The minimum absolute atomic E-state index is 0.211. The zero-order chi connectivity index (χ0) is 10.6. The van der Waals surface area contributed by atoms with Gasteiger partial charge in [-0.25, -0.2) is 0 Å². The number of hydrogen-bond acceptors (Lipinski definition) is 3. The van der Waals surface area contributed by atoms with Crippen molar-refractivity contribution >= 4 is 5.91 Å². The van der Waals surface area contributed by atoms with Crippen LogP contribution in [0.15, 0.2) is 0 Å². The number of rotatable bonds is 4. The molecular formula is C10H20N2O2. The van der Waals surface area contributed by atoms with E-state index in [0.29, 0.717) is 13.0 Å². The first-order valence-electron chi connectivity index (χ1n) is 5.28. The van der Waals surface area contributed by atoms with E-state index >= 15 is 0 Å². The summed E-state index contributed by atoms with van der Waals surface area (Å²) in [6, 6.07) is 0.211. The van der Waals surface area contributed by atoms with Crippen molar-refractivity contribution < 1.29 is 9.90 Å². The molecule has 1 aliphatic carbocycles. The van der Waals surface area contributed by atoms with Crippen LogP contribution in [-0.2, 0) is 4.79 Å². The molecule has 2 atom stereocenters. The fourth-order valence-corrected chi connectivity index (χ4v) is 2.06. The number of likely N-dealkylation sites (N-methyl/N-ethyl adjacent to an activating group) is 1. The Hall–Kier alpha value is -0.610. The van der Waals surface area contributed by atoms with Gasteiger partial charge in [-0.15, -0.1) is 0 Å². The second-order valence-electron chi connectivity index (χ2n) is 4.12. The molecule has 0 radical (unpaired) electrons. The minimum Gasteiger partial charge on any atom is -0.391 e. The van der Waals surface area contributed by atoms with E-state index in [1.165, 1.54) is 6.42 Å². The van der Waals surface area contributed by atoms with Crippen molar-refractivity contribution in [2.24, 2.45) is 5.73 Å². The van der Waals surface area contributed by atoms with Crippen molar-refractivity contribution in [3.05, 3.63) is 0 Å². The van der Waals surface area contributed by atoms with E-state index in [2.05, 4.69) is 4.90 Å². The first-order valence-corrected chi connectivity index (χ1v) is 5.28. The number of carbonyl (C=O) groups excluding carboxylic acids is 1. The number of hydrogen-bond donors (Lipinski definition) is 2. The molecule has 0 saturated heterocycles. The van der Waals surface area contributed by atoms with E-state index in [4.69, 9.17) is 5.73 Å². The highest BCUT2D eigenvalue weighted by Gasteiger charge is 2.26. The van der Waals surface area contributed by atoms with Crippen LogP contribution in [0.4, 0.5) is 0 Å². The maximum absolute atomic E-state index is 10.6. The Morgan fingerprint density at radius 1 is 1.50 bits per heavy atom. The van der Waals surface area contributed by atoms with Gasteiger partial charge in [0.05, 0.1) is 6.10 Å². The molecule has 14 heavy (non-hydrogen) atoms. The SMILES string of the molecule is CN(CCC(N)=O)C1CCCCC1O. The van der Waals surface area contributed by atoms with E-state index in [-0.39, 0.29) is 18.1 Å². The van der Waals surface area contributed by atoms with Gasteiger partial charge in [-0.05, 0) is 19.9 Å². The minimum atomic E-state index is -0.276. The average molecular weight is 200 g/mol. The summed E-state index contributed by atoms with van der Waals surface area (Å²) in [7, 11) is 1.95. The van der Waals surface area contributed by atoms with E-state index < -0.39 is 0 Å². The van der Waals surface area contributed by atoms with Gasteiger partial charge in [-0.3, -0.25) is 4.79 Å². The molecule has 0 bridgehead atoms. The largest absolute Gasteiger partial charge is 0.391 e. The first-order chi connectivity index (χ1) is 6.61. The zero-order valence-corrected chi connectivity index (χ0v) is 8.78. The van der Waals surface area contributed by atoms with Crippen molar-refractivity contribution in [3.8, 4) is 0 Å². The fourth-order valence-electron chi connectivity index (χ4n) is 2.06. The third kappa shape index (κ3) is 3.27. The van der Waals surface area contributed by atoms with Gasteiger partial charge in [0.25, 0.3) is 0 Å². The molecule has 1 fully saturated rings. The summed E-state index contributed by atoms with van der Waals surface area (Å²) in [5.74, 6) is -0.276. The van der Waals surface area contributed by atoms with Crippen molar-refractivity contribution in [3.63, 3.8) is 0 Å². The van der Waals surface area contributed by atoms with E-state index in [1.807, 2.05) is 7.05 Å². The molecule has 3 N–H and O–H groups in total. The molecule has 0 heterocycles. The molecule has 4 heteroatoms. The lowest BCUT2D eigenvalue weighted by molar-refractivity contribution is -0.118. The lowest BCUT2D eigenvalue weighted by Crippen LogP contribution is -2.44. The molecule has 0 aliphatic heterocycles. The summed E-state index contributed by atoms with van der Waals surface area (Å²) in [6.45, 7) is 0.650. The van der Waals surface area contributed by atoms with Gasteiger partial charge in [0, 0.05) is 19.0 Å². The highest BCUT2D eigenvalue weighted by molar-refractivity contribution is 5.73. The van der Waals surface area contributed by atoms with Crippen molar-refractivity contribution in [2.75, 3.05) is 13.6 Å². The van der Waals surface area contributed by atoms with Crippen LogP contribution in [0.1, 0.15) is 32.1 Å². The van der Waals surface area contributed by atoms with Crippen molar-refractivity contribution in [1.82, 2.24) is 4.90 Å². The Kier molecular flexibility index (Phi) is 4.35. The molecule has 0 aromatic rings. The third-order valence-electron chi connectivity index (χ3n) is 2.97. The molecule has 0 aromatic heterocycles. The predicted octanol–water partition coefficient (Wildman–Crippen LogP) is 0.0971. The Morgan fingerprint density at radius 3 is 2.71 bits per heavy atom. The summed E-state index contributed by atoms with van der Waals surface area (Å²) in [5.41, 5.74) is 5.08. The van der Waals surface area contributed by atoms with Crippen molar-refractivity contribution in [2.45, 2.75) is 44.2 Å². The third-order valence-corrected chi connectivity index (χ3v) is 2.97. The van der Waals surface area contributed by atoms with Gasteiger partial charge in [-0.1, -0.05) is 12.8 Å².